The van der Waals surface area contributed by atoms with Crippen LogP contribution in [-0.2, 0) is 10.0 Å². The van der Waals surface area contributed by atoms with Gasteiger partial charge in [-0.25, -0.2) is 13.1 Å². The van der Waals surface area contributed by atoms with Crippen LogP contribution < -0.4 is 4.72 Å². The van der Waals surface area contributed by atoms with Crippen molar-refractivity contribution in [3.05, 3.63) is 71.8 Å². The van der Waals surface area contributed by atoms with Gasteiger partial charge in [-0.3, -0.25) is 0 Å². The van der Waals surface area contributed by atoms with Gasteiger partial charge >= 0.3 is 0 Å². The molecule has 0 saturated carbocycles. The molecule has 0 radical (unpaired) electrons. The molecule has 25 heavy (non-hydrogen) atoms. The zero-order chi connectivity index (χ0) is 18.0. The number of benzene rings is 2. The van der Waals surface area contributed by atoms with Crippen LogP contribution in [-0.4, -0.2) is 14.2 Å². The van der Waals surface area contributed by atoms with Crippen molar-refractivity contribution in [2.24, 2.45) is 0 Å². The normalized spacial score (nSPS) is 11.8. The predicted octanol–water partition coefficient (Wildman–Crippen LogP) is 5.06. The average molecular weight is 360 g/mol. The summed E-state index contributed by atoms with van der Waals surface area (Å²) < 4.78 is 28.0. The zero-order valence-electron chi connectivity index (χ0n) is 15.0. The molecular weight excluding hydrogens is 330 g/mol. The monoisotopic (exact) mass is 359 g/mol. The predicted molar refractivity (Wildman–Crippen MR) is 105 cm³/mol. The summed E-state index contributed by atoms with van der Waals surface area (Å²) in [6.07, 6.45) is 6.44. The highest BCUT2D eigenvalue weighted by Crippen LogP contribution is 2.23. The van der Waals surface area contributed by atoms with E-state index in [4.69, 9.17) is 0 Å². The van der Waals surface area contributed by atoms with E-state index in [1.165, 1.54) is 19.3 Å². The first-order valence-corrected chi connectivity index (χ1v) is 10.9. The molecule has 0 aliphatic rings. The molecule has 0 heterocycles. The lowest BCUT2D eigenvalue weighted by atomic mass is 10.00. The number of hydrogen-bond donors (Lipinski definition) is 1. The van der Waals surface area contributed by atoms with Gasteiger partial charge in [-0.05, 0) is 17.5 Å². The van der Waals surface area contributed by atoms with E-state index in [1.54, 1.807) is 0 Å². The van der Waals surface area contributed by atoms with Crippen LogP contribution in [0.15, 0.2) is 60.7 Å². The Hall–Kier alpha value is -1.65. The van der Waals surface area contributed by atoms with Crippen LogP contribution >= 0.6 is 0 Å². The van der Waals surface area contributed by atoms with E-state index in [2.05, 4.69) is 11.6 Å². The molecule has 2 aromatic rings. The Kier molecular flexibility index (Phi) is 8.16. The highest BCUT2D eigenvalue weighted by atomic mass is 32.2. The molecule has 2 aromatic carbocycles. The Balaban J connectivity index is 2.01. The summed E-state index contributed by atoms with van der Waals surface area (Å²) in [5.74, 6) is 0.190. The molecule has 0 amide bonds. The molecule has 1 N–H and O–H groups in total. The number of sulfonamides is 1. The summed E-state index contributed by atoms with van der Waals surface area (Å²) in [5.41, 5.74) is 1.92. The maximum atomic E-state index is 12.6. The van der Waals surface area contributed by atoms with Gasteiger partial charge in [0.05, 0.1) is 11.8 Å². The standard InChI is InChI=1S/C21H29NO2S/c1-2-3-4-5-6-13-18-25(23,24)22-21(19-14-9-7-10-15-19)20-16-11-8-12-17-20/h7-12,14-17,21-22H,2-6,13,18H2,1H3. The van der Waals surface area contributed by atoms with Gasteiger partial charge in [0.25, 0.3) is 0 Å². The molecule has 0 aromatic heterocycles. The van der Waals surface area contributed by atoms with E-state index in [1.807, 2.05) is 60.7 Å². The van der Waals surface area contributed by atoms with Crippen LogP contribution in [0.2, 0.25) is 0 Å². The summed E-state index contributed by atoms with van der Waals surface area (Å²) in [4.78, 5) is 0. The van der Waals surface area contributed by atoms with Gasteiger partial charge < -0.3 is 0 Å². The Bertz CT molecular complexity index is 660. The SMILES string of the molecule is CCCCCCCCS(=O)(=O)NC(c1ccccc1)c1ccccc1. The van der Waals surface area contributed by atoms with Crippen molar-refractivity contribution in [1.82, 2.24) is 4.72 Å². The summed E-state index contributed by atoms with van der Waals surface area (Å²) in [6.45, 7) is 2.18. The fourth-order valence-corrected chi connectivity index (χ4v) is 4.26. The minimum Gasteiger partial charge on any atom is -0.212 e. The van der Waals surface area contributed by atoms with E-state index in [-0.39, 0.29) is 11.8 Å². The second-order valence-electron chi connectivity index (χ2n) is 6.46. The van der Waals surface area contributed by atoms with Crippen LogP contribution in [0.5, 0.6) is 0 Å². The molecule has 2 rings (SSSR count). The van der Waals surface area contributed by atoms with Crippen LogP contribution in [0.4, 0.5) is 0 Å². The number of nitrogens with one attached hydrogen (secondary N) is 1. The summed E-state index contributed by atoms with van der Waals surface area (Å²) in [6, 6.07) is 19.1. The Morgan fingerprint density at radius 2 is 1.24 bits per heavy atom. The maximum Gasteiger partial charge on any atom is 0.212 e. The summed E-state index contributed by atoms with van der Waals surface area (Å²) >= 11 is 0. The van der Waals surface area contributed by atoms with Crippen LogP contribution in [0.1, 0.15) is 62.6 Å². The van der Waals surface area contributed by atoms with Crippen LogP contribution in [0.3, 0.4) is 0 Å². The summed E-state index contributed by atoms with van der Waals surface area (Å²) in [5, 5.41) is 0. The highest BCUT2D eigenvalue weighted by Gasteiger charge is 2.20. The number of unbranched alkanes of at least 4 members (excludes halogenated alkanes) is 5. The second-order valence-corrected chi connectivity index (χ2v) is 8.33. The quantitative estimate of drug-likeness (QED) is 0.570. The van der Waals surface area contributed by atoms with Gasteiger partial charge in [0.2, 0.25) is 10.0 Å². The van der Waals surface area contributed by atoms with Crippen molar-refractivity contribution in [2.45, 2.75) is 51.5 Å². The van der Waals surface area contributed by atoms with E-state index in [0.717, 1.165) is 30.4 Å². The summed E-state index contributed by atoms with van der Waals surface area (Å²) in [7, 11) is -3.32. The topological polar surface area (TPSA) is 46.2 Å². The van der Waals surface area contributed by atoms with Gasteiger partial charge in [0.15, 0.2) is 0 Å². The minimum absolute atomic E-state index is 0.190. The van der Waals surface area contributed by atoms with Crippen molar-refractivity contribution < 1.29 is 8.42 Å². The van der Waals surface area contributed by atoms with Crippen molar-refractivity contribution in [3.63, 3.8) is 0 Å². The molecule has 0 aliphatic carbocycles. The fourth-order valence-electron chi connectivity index (χ4n) is 2.93. The molecular formula is C21H29NO2S. The Morgan fingerprint density at radius 3 is 1.76 bits per heavy atom. The van der Waals surface area contributed by atoms with E-state index >= 15 is 0 Å². The highest BCUT2D eigenvalue weighted by molar-refractivity contribution is 7.89. The van der Waals surface area contributed by atoms with Crippen LogP contribution in [0, 0.1) is 0 Å². The van der Waals surface area contributed by atoms with Gasteiger partial charge in [-0.15, -0.1) is 0 Å². The van der Waals surface area contributed by atoms with E-state index in [0.29, 0.717) is 0 Å². The lowest BCUT2D eigenvalue weighted by molar-refractivity contribution is 0.563. The molecule has 0 saturated heterocycles. The van der Waals surface area contributed by atoms with Gasteiger partial charge in [0.1, 0.15) is 0 Å². The first kappa shape index (κ1) is 19.7. The molecule has 0 fully saturated rings. The van der Waals surface area contributed by atoms with Crippen LogP contribution in [0.25, 0.3) is 0 Å². The van der Waals surface area contributed by atoms with Gasteiger partial charge in [-0.1, -0.05) is 99.7 Å². The van der Waals surface area contributed by atoms with Crippen molar-refractivity contribution in [2.75, 3.05) is 5.75 Å². The smallest absolute Gasteiger partial charge is 0.212 e. The second kappa shape index (κ2) is 10.4. The average Bonchev–Trinajstić information content (AvgIpc) is 2.64. The van der Waals surface area contributed by atoms with E-state index < -0.39 is 10.0 Å². The third kappa shape index (κ3) is 7.00. The van der Waals surface area contributed by atoms with Gasteiger partial charge in [-0.2, -0.15) is 0 Å². The first-order chi connectivity index (χ1) is 12.1. The lowest BCUT2D eigenvalue weighted by Crippen LogP contribution is -2.31. The molecule has 0 aliphatic heterocycles. The minimum atomic E-state index is -3.32. The van der Waals surface area contributed by atoms with Gasteiger partial charge in [0, 0.05) is 0 Å². The molecule has 0 unspecified atom stereocenters. The molecule has 3 nitrogen and oxygen atoms in total. The first-order valence-electron chi connectivity index (χ1n) is 9.22. The largest absolute Gasteiger partial charge is 0.212 e. The third-order valence-electron chi connectivity index (χ3n) is 4.33. The van der Waals surface area contributed by atoms with E-state index in [9.17, 15) is 8.42 Å². The zero-order valence-corrected chi connectivity index (χ0v) is 15.8. The molecule has 0 atom stereocenters. The van der Waals surface area contributed by atoms with Crippen molar-refractivity contribution in [3.8, 4) is 0 Å². The molecule has 4 heteroatoms. The Morgan fingerprint density at radius 1 is 0.760 bits per heavy atom. The van der Waals surface area contributed by atoms with Crippen molar-refractivity contribution in [1.29, 1.82) is 0 Å². The third-order valence-corrected chi connectivity index (χ3v) is 5.75. The number of hydrogen-bond acceptors (Lipinski definition) is 2. The molecule has 136 valence electrons. The Labute approximate surface area is 152 Å². The molecule has 0 spiro atoms. The maximum absolute atomic E-state index is 12.6. The van der Waals surface area contributed by atoms with Crippen molar-refractivity contribution >= 4 is 10.0 Å². The fraction of sp³-hybridized carbons (Fsp3) is 0.429. The number of rotatable bonds is 11. The lowest BCUT2D eigenvalue weighted by Gasteiger charge is -2.20. The molecule has 0 bridgehead atoms.